The van der Waals surface area contributed by atoms with E-state index in [0.29, 0.717) is 32.8 Å². The lowest BCUT2D eigenvalue weighted by atomic mass is 9.97. The number of carbonyl (C=O) groups is 1. The van der Waals surface area contributed by atoms with Gasteiger partial charge in [-0.3, -0.25) is 9.79 Å². The third-order valence-electron chi connectivity index (χ3n) is 5.30. The minimum atomic E-state index is -0.257. The molecule has 2 N–H and O–H groups in total. The molecule has 0 bridgehead atoms. The van der Waals surface area contributed by atoms with Crippen molar-refractivity contribution in [1.29, 1.82) is 0 Å². The van der Waals surface area contributed by atoms with Crippen LogP contribution in [-0.4, -0.2) is 63.2 Å². The van der Waals surface area contributed by atoms with Gasteiger partial charge in [0.1, 0.15) is 0 Å². The minimum Gasteiger partial charge on any atom is -0.378 e. The molecule has 1 saturated heterocycles. The molecule has 1 fully saturated rings. The molecular weight excluding hydrogens is 376 g/mol. The third-order valence-corrected chi connectivity index (χ3v) is 5.30. The molecule has 0 spiro atoms. The molecule has 6 nitrogen and oxygen atoms in total. The van der Waals surface area contributed by atoms with Gasteiger partial charge in [-0.15, -0.1) is 0 Å². The summed E-state index contributed by atoms with van der Waals surface area (Å²) in [4.78, 5) is 19.4. The molecule has 0 radical (unpaired) electrons. The van der Waals surface area contributed by atoms with Gasteiger partial charge in [0.15, 0.2) is 5.96 Å². The van der Waals surface area contributed by atoms with Crippen molar-refractivity contribution < 1.29 is 9.53 Å². The lowest BCUT2D eigenvalue weighted by molar-refractivity contribution is -0.136. The van der Waals surface area contributed by atoms with Crippen LogP contribution in [0.3, 0.4) is 0 Å². The number of morpholine rings is 1. The van der Waals surface area contributed by atoms with E-state index < -0.39 is 0 Å². The van der Waals surface area contributed by atoms with Crippen LogP contribution < -0.4 is 10.6 Å². The Hall–Kier alpha value is -2.86. The highest BCUT2D eigenvalue weighted by Gasteiger charge is 2.27. The second-order valence-electron chi connectivity index (χ2n) is 7.37. The molecule has 0 aliphatic carbocycles. The zero-order valence-electron chi connectivity index (χ0n) is 17.7. The number of ether oxygens (including phenoxy) is 1. The second-order valence-corrected chi connectivity index (χ2v) is 7.37. The summed E-state index contributed by atoms with van der Waals surface area (Å²) in [5, 5.41) is 6.71. The number of guanidine groups is 1. The number of nitrogens with zero attached hydrogens (tertiary/aromatic N) is 2. The monoisotopic (exact) mass is 408 g/mol. The lowest BCUT2D eigenvalue weighted by Gasteiger charge is -2.31. The van der Waals surface area contributed by atoms with Crippen molar-refractivity contribution in [3.05, 3.63) is 71.8 Å². The van der Waals surface area contributed by atoms with Crippen LogP contribution in [0.4, 0.5) is 0 Å². The van der Waals surface area contributed by atoms with E-state index in [9.17, 15) is 4.79 Å². The first kappa shape index (κ1) is 21.8. The first-order valence-electron chi connectivity index (χ1n) is 10.7. The van der Waals surface area contributed by atoms with Crippen LogP contribution in [0, 0.1) is 0 Å². The van der Waals surface area contributed by atoms with E-state index in [-0.39, 0.29) is 11.8 Å². The maximum absolute atomic E-state index is 13.2. The Morgan fingerprint density at radius 1 is 1.03 bits per heavy atom. The molecule has 1 aliphatic rings. The van der Waals surface area contributed by atoms with Gasteiger partial charge in [-0.2, -0.15) is 0 Å². The number of hydrogen-bond acceptors (Lipinski definition) is 3. The van der Waals surface area contributed by atoms with Gasteiger partial charge in [-0.05, 0) is 24.0 Å². The summed E-state index contributed by atoms with van der Waals surface area (Å²) >= 11 is 0. The van der Waals surface area contributed by atoms with Crippen LogP contribution >= 0.6 is 0 Å². The summed E-state index contributed by atoms with van der Waals surface area (Å²) in [6, 6.07) is 20.4. The molecule has 1 atom stereocenters. The Labute approximate surface area is 179 Å². The first-order chi connectivity index (χ1) is 14.8. The molecule has 6 heteroatoms. The van der Waals surface area contributed by atoms with Gasteiger partial charge in [0.25, 0.3) is 0 Å². The van der Waals surface area contributed by atoms with E-state index in [1.54, 1.807) is 7.05 Å². The van der Waals surface area contributed by atoms with Gasteiger partial charge in [0, 0.05) is 33.2 Å². The predicted molar refractivity (Wildman–Crippen MR) is 121 cm³/mol. The van der Waals surface area contributed by atoms with Gasteiger partial charge in [-0.1, -0.05) is 60.7 Å². The van der Waals surface area contributed by atoms with E-state index in [1.165, 1.54) is 5.56 Å². The second kappa shape index (κ2) is 12.0. The maximum atomic E-state index is 13.2. The zero-order valence-corrected chi connectivity index (χ0v) is 17.7. The topological polar surface area (TPSA) is 66.0 Å². The quantitative estimate of drug-likeness (QED) is 0.400. The van der Waals surface area contributed by atoms with Gasteiger partial charge < -0.3 is 20.3 Å². The van der Waals surface area contributed by atoms with E-state index in [1.807, 2.05) is 41.3 Å². The highest BCUT2D eigenvalue weighted by Crippen LogP contribution is 2.18. The van der Waals surface area contributed by atoms with Crippen LogP contribution in [0.5, 0.6) is 0 Å². The molecule has 1 aliphatic heterocycles. The summed E-state index contributed by atoms with van der Waals surface area (Å²) in [5.41, 5.74) is 2.35. The molecule has 2 aromatic rings. The van der Waals surface area contributed by atoms with Crippen LogP contribution in [0.15, 0.2) is 65.7 Å². The molecule has 1 heterocycles. The van der Waals surface area contributed by atoms with Crippen LogP contribution in [0.25, 0.3) is 0 Å². The van der Waals surface area contributed by atoms with Gasteiger partial charge in [0.05, 0.1) is 19.1 Å². The van der Waals surface area contributed by atoms with E-state index in [2.05, 4.69) is 39.9 Å². The van der Waals surface area contributed by atoms with Crippen molar-refractivity contribution >= 4 is 11.9 Å². The smallest absolute Gasteiger partial charge is 0.232 e. The summed E-state index contributed by atoms with van der Waals surface area (Å²) < 4.78 is 5.40. The summed E-state index contributed by atoms with van der Waals surface area (Å²) in [6.45, 7) is 3.82. The standard InChI is InChI=1S/C24H32N4O2/c1-25-24(26-14-8-11-20-9-4-2-5-10-20)27-19-22(21-12-6-3-7-13-21)23(29)28-15-17-30-18-16-28/h2-7,9-10,12-13,22H,8,11,14-19H2,1H3,(H2,25,26,27). The Morgan fingerprint density at radius 3 is 2.37 bits per heavy atom. The fourth-order valence-corrected chi connectivity index (χ4v) is 3.60. The number of aliphatic imine (C=N–C) groups is 1. The van der Waals surface area contributed by atoms with E-state index >= 15 is 0 Å². The molecule has 3 rings (SSSR count). The van der Waals surface area contributed by atoms with Crippen molar-refractivity contribution in [2.24, 2.45) is 4.99 Å². The van der Waals surface area contributed by atoms with Crippen molar-refractivity contribution in [1.82, 2.24) is 15.5 Å². The third kappa shape index (κ3) is 6.59. The number of rotatable bonds is 8. The largest absolute Gasteiger partial charge is 0.378 e. The Kier molecular flexibility index (Phi) is 8.72. The summed E-state index contributed by atoms with van der Waals surface area (Å²) in [6.07, 6.45) is 2.03. The molecular formula is C24H32N4O2. The highest BCUT2D eigenvalue weighted by atomic mass is 16.5. The molecule has 160 valence electrons. The maximum Gasteiger partial charge on any atom is 0.232 e. The van der Waals surface area contributed by atoms with Crippen molar-refractivity contribution in [3.8, 4) is 0 Å². The Morgan fingerprint density at radius 2 is 1.70 bits per heavy atom. The number of amides is 1. The van der Waals surface area contributed by atoms with E-state index in [4.69, 9.17) is 4.74 Å². The van der Waals surface area contributed by atoms with Gasteiger partial charge in [0.2, 0.25) is 5.91 Å². The molecule has 1 unspecified atom stereocenters. The molecule has 30 heavy (non-hydrogen) atoms. The van der Waals surface area contributed by atoms with Crippen LogP contribution in [0.2, 0.25) is 0 Å². The van der Waals surface area contributed by atoms with Crippen LogP contribution in [-0.2, 0) is 16.0 Å². The minimum absolute atomic E-state index is 0.136. The van der Waals surface area contributed by atoms with Crippen molar-refractivity contribution in [2.45, 2.75) is 18.8 Å². The SMILES string of the molecule is CN=C(NCCCc1ccccc1)NCC(C(=O)N1CCOCC1)c1ccccc1. The molecule has 2 aromatic carbocycles. The highest BCUT2D eigenvalue weighted by molar-refractivity contribution is 5.86. The number of hydrogen-bond donors (Lipinski definition) is 2. The summed E-state index contributed by atoms with van der Waals surface area (Å²) in [5.74, 6) is 0.600. The van der Waals surface area contributed by atoms with E-state index in [0.717, 1.165) is 30.9 Å². The zero-order chi connectivity index (χ0) is 21.0. The average molecular weight is 409 g/mol. The fraction of sp³-hybridized carbons (Fsp3) is 0.417. The van der Waals surface area contributed by atoms with Gasteiger partial charge >= 0.3 is 0 Å². The number of nitrogens with one attached hydrogen (secondary N) is 2. The fourth-order valence-electron chi connectivity index (χ4n) is 3.60. The number of aryl methyl sites for hydroxylation is 1. The molecule has 0 aromatic heterocycles. The summed E-state index contributed by atoms with van der Waals surface area (Å²) in [7, 11) is 1.76. The van der Waals surface area contributed by atoms with Crippen molar-refractivity contribution in [2.75, 3.05) is 46.4 Å². The van der Waals surface area contributed by atoms with Crippen molar-refractivity contribution in [3.63, 3.8) is 0 Å². The van der Waals surface area contributed by atoms with Gasteiger partial charge in [-0.25, -0.2) is 0 Å². The number of carbonyl (C=O) groups excluding carboxylic acids is 1. The van der Waals surface area contributed by atoms with Crippen LogP contribution in [0.1, 0.15) is 23.5 Å². The Bertz CT molecular complexity index is 789. The Balaban J connectivity index is 1.53. The predicted octanol–water partition coefficient (Wildman–Crippen LogP) is 2.43. The number of benzene rings is 2. The average Bonchev–Trinajstić information content (AvgIpc) is 2.82. The normalized spacial score (nSPS) is 15.5. The molecule has 0 saturated carbocycles. The first-order valence-corrected chi connectivity index (χ1v) is 10.7. The molecule has 1 amide bonds. The lowest BCUT2D eigenvalue weighted by Crippen LogP contribution is -2.47.